The minimum atomic E-state index is -2.02. The minimum absolute atomic E-state index is 0.0262. The van der Waals surface area contributed by atoms with Crippen LogP contribution in [0.2, 0.25) is 0 Å². The van der Waals surface area contributed by atoms with Crippen LogP contribution in [0.4, 0.5) is 4.39 Å². The molecule has 0 saturated heterocycles. The molecule has 4 N–H and O–H groups in total. The number of hydrogen-bond donors (Lipinski definition) is 4. The van der Waals surface area contributed by atoms with Crippen LogP contribution in [0.15, 0.2) is 47.3 Å². The highest BCUT2D eigenvalue weighted by Gasteiger charge is 2.46. The fourth-order valence-electron chi connectivity index (χ4n) is 8.53. The van der Waals surface area contributed by atoms with Crippen molar-refractivity contribution in [2.75, 3.05) is 26.3 Å². The van der Waals surface area contributed by atoms with Gasteiger partial charge in [-0.15, -0.1) is 0 Å². The van der Waals surface area contributed by atoms with Crippen LogP contribution in [0.25, 0.3) is 22.3 Å². The van der Waals surface area contributed by atoms with Gasteiger partial charge >= 0.3 is 5.97 Å². The Hall–Kier alpha value is -6.13. The first-order valence-electron chi connectivity index (χ1n) is 20.5. The van der Waals surface area contributed by atoms with Crippen molar-refractivity contribution < 1.29 is 47.7 Å². The number of hydrogen-bond acceptors (Lipinski definition) is 11. The molecule has 0 fully saturated rings. The molecule has 0 bridgehead atoms. The minimum Gasteiger partial charge on any atom is -0.458 e. The number of halogens is 1. The van der Waals surface area contributed by atoms with Gasteiger partial charge in [-0.3, -0.25) is 28.8 Å². The molecular weight excluding hydrogens is 790 g/mol. The molecule has 16 heteroatoms. The monoisotopic (exact) mass is 837 g/mol. The molecule has 7 rings (SSSR count). The maximum Gasteiger partial charge on any atom is 0.343 e. The normalized spacial score (nSPS) is 17.7. The van der Waals surface area contributed by atoms with E-state index in [0.717, 1.165) is 11.1 Å². The number of esters is 1. The van der Waals surface area contributed by atoms with Crippen molar-refractivity contribution in [3.05, 3.63) is 97.6 Å². The molecule has 2 aliphatic heterocycles. The number of aryl methyl sites for hydroxylation is 1. The number of ketones is 2. The lowest BCUT2D eigenvalue weighted by molar-refractivity contribution is -0.172. The van der Waals surface area contributed by atoms with Gasteiger partial charge in [0.05, 0.1) is 54.8 Å². The fraction of sp³-hybridized carbons (Fsp3) is 0.422. The molecule has 3 atom stereocenters. The molecule has 61 heavy (non-hydrogen) atoms. The topological polar surface area (TPSA) is 212 Å². The average Bonchev–Trinajstić information content (AvgIpc) is 3.63. The molecule has 4 aromatic rings. The number of pyridine rings is 2. The zero-order valence-corrected chi connectivity index (χ0v) is 34.3. The number of ether oxygens (including phenoxy) is 2. The molecule has 0 saturated carbocycles. The van der Waals surface area contributed by atoms with Crippen LogP contribution in [-0.2, 0) is 69.8 Å². The van der Waals surface area contributed by atoms with E-state index in [0.29, 0.717) is 51.8 Å². The molecule has 3 aliphatic rings. The highest BCUT2D eigenvalue weighted by Crippen LogP contribution is 2.46. The van der Waals surface area contributed by atoms with Crippen LogP contribution in [0.3, 0.4) is 0 Å². The van der Waals surface area contributed by atoms with E-state index in [4.69, 9.17) is 14.5 Å². The number of nitrogens with one attached hydrogen (secondary N) is 3. The molecule has 320 valence electrons. The van der Waals surface area contributed by atoms with E-state index >= 15 is 4.39 Å². The molecule has 0 radical (unpaired) electrons. The molecular formula is C45H48FN5O10. The Morgan fingerprint density at radius 2 is 1.77 bits per heavy atom. The van der Waals surface area contributed by atoms with Gasteiger partial charge in [0.2, 0.25) is 17.7 Å². The predicted octanol–water partition coefficient (Wildman–Crippen LogP) is 3.07. The van der Waals surface area contributed by atoms with E-state index < -0.39 is 46.7 Å². The molecule has 3 amide bonds. The van der Waals surface area contributed by atoms with Crippen LogP contribution in [0, 0.1) is 18.7 Å². The Labute approximate surface area is 350 Å². The maximum absolute atomic E-state index is 15.3. The summed E-state index contributed by atoms with van der Waals surface area (Å²) in [5.74, 6) is -3.93. The molecule has 15 nitrogen and oxygen atoms in total. The first kappa shape index (κ1) is 43.0. The lowest BCUT2D eigenvalue weighted by atomic mass is 9.81. The number of benzene rings is 2. The number of carbonyl (C=O) groups is 6. The van der Waals surface area contributed by atoms with Gasteiger partial charge in [0.15, 0.2) is 17.2 Å². The molecule has 0 unspecified atom stereocenters. The van der Waals surface area contributed by atoms with Crippen molar-refractivity contribution in [1.82, 2.24) is 25.5 Å². The molecule has 2 aromatic carbocycles. The summed E-state index contributed by atoms with van der Waals surface area (Å²) < 4.78 is 27.6. The van der Waals surface area contributed by atoms with Crippen molar-refractivity contribution in [3.8, 4) is 11.4 Å². The van der Waals surface area contributed by atoms with E-state index in [-0.39, 0.29) is 100 Å². The highest BCUT2D eigenvalue weighted by atomic mass is 19.1. The van der Waals surface area contributed by atoms with E-state index in [1.54, 1.807) is 26.8 Å². The maximum atomic E-state index is 15.3. The smallest absolute Gasteiger partial charge is 0.343 e. The molecule has 1 aliphatic carbocycles. The van der Waals surface area contributed by atoms with E-state index in [1.165, 1.54) is 10.6 Å². The Morgan fingerprint density at radius 3 is 2.51 bits per heavy atom. The standard InChI is InChI=1S/C45H48FN5O10/c1-4-37(54)47-20-28(53)16-26(15-25-9-7-6-8-10-25)42(56)48-19-27(52)13-14-60-23-38(55)49-34-12-11-29-24(3)33(46)18-35-39(29)40(34)30-21-51-36(41(30)50-35)17-32-31(43(51)57)22-61-44(58)45(32,59)5-2/h6-10,17-18,26,34,59H,4-5,11-16,19-23H2,1-3H3,(H,47,54)(H,48,56)(H,49,55)/t26-,34+,45+/m1/s1. The fourth-order valence-corrected chi connectivity index (χ4v) is 8.53. The highest BCUT2D eigenvalue weighted by molar-refractivity contribution is 5.94. The quantitative estimate of drug-likeness (QED) is 0.0790. The Bertz CT molecular complexity index is 2520. The number of cyclic esters (lactones) is 1. The molecule has 0 spiro atoms. The molecule has 2 aromatic heterocycles. The summed E-state index contributed by atoms with van der Waals surface area (Å²) in [6.07, 6.45) is 1.10. The van der Waals surface area contributed by atoms with Gasteiger partial charge in [0, 0.05) is 47.8 Å². The summed E-state index contributed by atoms with van der Waals surface area (Å²) >= 11 is 0. The summed E-state index contributed by atoms with van der Waals surface area (Å²) in [5, 5.41) is 20.2. The Kier molecular flexibility index (Phi) is 12.6. The second-order valence-corrected chi connectivity index (χ2v) is 15.8. The zero-order valence-electron chi connectivity index (χ0n) is 34.3. The number of amides is 3. The number of aromatic nitrogens is 2. The van der Waals surface area contributed by atoms with Crippen LogP contribution < -0.4 is 21.5 Å². The Morgan fingerprint density at radius 1 is 1.02 bits per heavy atom. The summed E-state index contributed by atoms with van der Waals surface area (Å²) in [6, 6.07) is 11.5. The number of nitrogens with zero attached hydrogens (tertiary/aromatic N) is 2. The largest absolute Gasteiger partial charge is 0.458 e. The third kappa shape index (κ3) is 8.59. The third-order valence-electron chi connectivity index (χ3n) is 11.9. The van der Waals surface area contributed by atoms with Crippen LogP contribution in [0.1, 0.15) is 90.9 Å². The summed E-state index contributed by atoms with van der Waals surface area (Å²) in [4.78, 5) is 95.0. The predicted molar refractivity (Wildman–Crippen MR) is 218 cm³/mol. The summed E-state index contributed by atoms with van der Waals surface area (Å²) in [6.45, 7) is 3.79. The first-order valence-corrected chi connectivity index (χ1v) is 20.5. The van der Waals surface area contributed by atoms with E-state index in [2.05, 4.69) is 16.0 Å². The van der Waals surface area contributed by atoms with Gasteiger partial charge in [-0.25, -0.2) is 14.2 Å². The van der Waals surface area contributed by atoms with Gasteiger partial charge in [-0.1, -0.05) is 44.2 Å². The number of rotatable bonds is 17. The van der Waals surface area contributed by atoms with Crippen LogP contribution >= 0.6 is 0 Å². The second kappa shape index (κ2) is 17.8. The van der Waals surface area contributed by atoms with Gasteiger partial charge in [-0.2, -0.15) is 0 Å². The van der Waals surface area contributed by atoms with E-state index in [1.807, 2.05) is 30.3 Å². The first-order chi connectivity index (χ1) is 29.2. The number of Topliss-reactive ketones (excluding diaryl/α,β-unsaturated/α-hetero) is 2. The van der Waals surface area contributed by atoms with Crippen molar-refractivity contribution in [3.63, 3.8) is 0 Å². The SMILES string of the molecule is CCC(=O)NCC(=O)C[C@@H](Cc1ccccc1)C(=O)NCC(=O)CCOCC(=O)N[C@H]1CCc2c(C)c(F)cc3nc4c(c1c23)Cn1c-4cc2c(c1=O)COC(=O)[C@]2(O)CC. The summed E-state index contributed by atoms with van der Waals surface area (Å²) in [7, 11) is 0. The van der Waals surface area contributed by atoms with Gasteiger partial charge in [0.1, 0.15) is 19.0 Å². The zero-order chi connectivity index (χ0) is 43.6. The average molecular weight is 838 g/mol. The second-order valence-electron chi connectivity index (χ2n) is 15.8. The lowest BCUT2D eigenvalue weighted by Gasteiger charge is -2.31. The van der Waals surface area contributed by atoms with Crippen molar-refractivity contribution in [2.24, 2.45) is 5.92 Å². The van der Waals surface area contributed by atoms with Crippen LogP contribution in [0.5, 0.6) is 0 Å². The van der Waals surface area contributed by atoms with Gasteiger partial charge in [0.25, 0.3) is 5.56 Å². The number of aliphatic hydroxyl groups is 1. The van der Waals surface area contributed by atoms with Crippen LogP contribution in [-0.4, -0.2) is 76.2 Å². The van der Waals surface area contributed by atoms with E-state index in [9.17, 15) is 38.7 Å². The third-order valence-corrected chi connectivity index (χ3v) is 11.9. The van der Waals surface area contributed by atoms with Gasteiger partial charge in [-0.05, 0) is 60.9 Å². The summed E-state index contributed by atoms with van der Waals surface area (Å²) in [5.41, 5.74) is 2.35. The number of carbonyl (C=O) groups excluding carboxylic acids is 6. The van der Waals surface area contributed by atoms with Crippen molar-refractivity contribution in [2.45, 2.75) is 90.5 Å². The van der Waals surface area contributed by atoms with Gasteiger partial charge < -0.3 is 35.1 Å². The van der Waals surface area contributed by atoms with Crippen molar-refractivity contribution in [1.29, 1.82) is 0 Å². The molecule has 4 heterocycles. The van der Waals surface area contributed by atoms with Crippen molar-refractivity contribution >= 4 is 46.2 Å². The Balaban J connectivity index is 1.00. The lowest BCUT2D eigenvalue weighted by Crippen LogP contribution is -2.44. The number of fused-ring (bicyclic) bond motifs is 5.